The quantitative estimate of drug-likeness (QED) is 0.130. The lowest BCUT2D eigenvalue weighted by Crippen LogP contribution is -2.16. The van der Waals surface area contributed by atoms with Crippen molar-refractivity contribution in [3.63, 3.8) is 0 Å². The van der Waals surface area contributed by atoms with Crippen LogP contribution in [0.1, 0.15) is 17.7 Å². The molecule has 5 aromatic rings. The lowest BCUT2D eigenvalue weighted by atomic mass is 10.1. The van der Waals surface area contributed by atoms with Gasteiger partial charge in [-0.2, -0.15) is 0 Å². The molecule has 2 N–H and O–H groups in total. The van der Waals surface area contributed by atoms with Crippen molar-refractivity contribution in [2.45, 2.75) is 19.6 Å². The number of nitrogens with one attached hydrogen (secondary N) is 2. The van der Waals surface area contributed by atoms with Crippen LogP contribution in [0.15, 0.2) is 83.5 Å². The summed E-state index contributed by atoms with van der Waals surface area (Å²) >= 11 is 4.45. The van der Waals surface area contributed by atoms with Gasteiger partial charge in [-0.25, -0.2) is 14.4 Å². The Labute approximate surface area is 237 Å². The fourth-order valence-corrected chi connectivity index (χ4v) is 4.70. The van der Waals surface area contributed by atoms with Crippen molar-refractivity contribution in [3.8, 4) is 17.1 Å². The average molecular weight is 580 g/mol. The molecule has 2 heterocycles. The molecule has 11 heteroatoms. The van der Waals surface area contributed by atoms with Gasteiger partial charge in [0.2, 0.25) is 0 Å². The summed E-state index contributed by atoms with van der Waals surface area (Å²) in [7, 11) is 0. The van der Waals surface area contributed by atoms with E-state index >= 15 is 0 Å². The van der Waals surface area contributed by atoms with E-state index in [9.17, 15) is 13.2 Å². The van der Waals surface area contributed by atoms with E-state index in [1.165, 1.54) is 18.5 Å². The molecule has 0 saturated heterocycles. The number of halogens is 2. The molecule has 0 fully saturated rings. The monoisotopic (exact) mass is 579 g/mol. The van der Waals surface area contributed by atoms with E-state index in [4.69, 9.17) is 20.8 Å². The zero-order valence-electron chi connectivity index (χ0n) is 21.2. The minimum Gasteiger partial charge on any atom is -0.772 e. The highest BCUT2D eigenvalue weighted by atomic mass is 35.5. The predicted molar refractivity (Wildman–Crippen MR) is 153 cm³/mol. The Kier molecular flexibility index (Phi) is 9.02. The molecule has 0 radical (unpaired) electrons. The second-order valence-electron chi connectivity index (χ2n) is 8.95. The molecule has 206 valence electrons. The minimum atomic E-state index is -2.02. The van der Waals surface area contributed by atoms with Crippen LogP contribution in [0.2, 0.25) is 5.02 Å². The van der Waals surface area contributed by atoms with Gasteiger partial charge in [-0.3, -0.25) is 4.21 Å². The third-order valence-corrected chi connectivity index (χ3v) is 6.94. The van der Waals surface area contributed by atoms with Crippen LogP contribution in [0.5, 0.6) is 5.75 Å². The van der Waals surface area contributed by atoms with E-state index in [1.807, 2.05) is 36.4 Å². The van der Waals surface area contributed by atoms with Gasteiger partial charge in [0.15, 0.2) is 0 Å². The fraction of sp³-hybridized carbons (Fsp3) is 0.172. The van der Waals surface area contributed by atoms with Gasteiger partial charge in [0.1, 0.15) is 41.8 Å². The molecule has 3 aromatic carbocycles. The summed E-state index contributed by atoms with van der Waals surface area (Å²) in [5, 5.41) is 7.68. The molecule has 0 amide bonds. The molecular weight excluding hydrogens is 555 g/mol. The van der Waals surface area contributed by atoms with Crippen LogP contribution < -0.4 is 15.4 Å². The van der Waals surface area contributed by atoms with Crippen LogP contribution in [-0.2, 0) is 24.2 Å². The second kappa shape index (κ2) is 13.0. The molecule has 0 saturated carbocycles. The van der Waals surface area contributed by atoms with Crippen molar-refractivity contribution in [2.75, 3.05) is 17.6 Å². The van der Waals surface area contributed by atoms with E-state index in [1.54, 1.807) is 24.3 Å². The highest BCUT2D eigenvalue weighted by molar-refractivity contribution is 7.79. The van der Waals surface area contributed by atoms with Crippen LogP contribution in [-0.4, -0.2) is 31.0 Å². The third kappa shape index (κ3) is 7.22. The van der Waals surface area contributed by atoms with Gasteiger partial charge >= 0.3 is 0 Å². The first kappa shape index (κ1) is 27.7. The maximum Gasteiger partial charge on any atom is 0.141 e. The van der Waals surface area contributed by atoms with Gasteiger partial charge in [0.25, 0.3) is 0 Å². The molecular formula is C29H25ClFN4O4S-. The van der Waals surface area contributed by atoms with Gasteiger partial charge in [0, 0.05) is 22.4 Å². The van der Waals surface area contributed by atoms with Gasteiger partial charge < -0.3 is 24.3 Å². The number of hydrogen-bond acceptors (Lipinski definition) is 8. The summed E-state index contributed by atoms with van der Waals surface area (Å²) < 4.78 is 46.5. The Morgan fingerprint density at radius 1 is 1.05 bits per heavy atom. The Hall–Kier alpha value is -3.83. The van der Waals surface area contributed by atoms with Crippen molar-refractivity contribution in [1.82, 2.24) is 15.3 Å². The summed E-state index contributed by atoms with van der Waals surface area (Å²) in [6, 6.07) is 21.1. The molecule has 1 atom stereocenters. The molecule has 0 aliphatic heterocycles. The van der Waals surface area contributed by atoms with E-state index < -0.39 is 11.1 Å². The van der Waals surface area contributed by atoms with Crippen molar-refractivity contribution >= 4 is 45.1 Å². The van der Waals surface area contributed by atoms with Crippen molar-refractivity contribution in [3.05, 3.63) is 101 Å². The highest BCUT2D eigenvalue weighted by Gasteiger charge is 2.11. The highest BCUT2D eigenvalue weighted by Crippen LogP contribution is 2.32. The fourth-order valence-electron chi connectivity index (χ4n) is 4.08. The summed E-state index contributed by atoms with van der Waals surface area (Å²) in [6.45, 7) is 1.27. The smallest absolute Gasteiger partial charge is 0.141 e. The minimum absolute atomic E-state index is 0.132. The molecule has 8 nitrogen and oxygen atoms in total. The second-order valence-corrected chi connectivity index (χ2v) is 10.4. The summed E-state index contributed by atoms with van der Waals surface area (Å²) in [5.74, 6) is 2.33. The number of anilines is 2. The molecule has 0 aliphatic carbocycles. The first-order valence-electron chi connectivity index (χ1n) is 12.5. The van der Waals surface area contributed by atoms with E-state index in [0.29, 0.717) is 53.1 Å². The number of benzene rings is 3. The molecule has 0 spiro atoms. The van der Waals surface area contributed by atoms with Gasteiger partial charge in [-0.1, -0.05) is 34.8 Å². The van der Waals surface area contributed by atoms with Gasteiger partial charge in [0.05, 0.1) is 17.1 Å². The van der Waals surface area contributed by atoms with Crippen LogP contribution in [0, 0.1) is 5.82 Å². The molecule has 5 rings (SSSR count). The maximum atomic E-state index is 13.4. The Morgan fingerprint density at radius 2 is 1.95 bits per heavy atom. The Balaban J connectivity index is 1.28. The zero-order chi connectivity index (χ0) is 27.9. The maximum absolute atomic E-state index is 13.4. The van der Waals surface area contributed by atoms with Crippen LogP contribution in [0.25, 0.3) is 22.2 Å². The van der Waals surface area contributed by atoms with E-state index in [-0.39, 0.29) is 18.2 Å². The number of aromatic nitrogens is 2. The van der Waals surface area contributed by atoms with Crippen LogP contribution in [0.4, 0.5) is 15.9 Å². The normalized spacial score (nSPS) is 12.0. The topological polar surface area (TPSA) is 112 Å². The number of hydrogen-bond donors (Lipinski definition) is 2. The molecule has 1 unspecified atom stereocenters. The predicted octanol–water partition coefficient (Wildman–Crippen LogP) is 6.36. The number of ether oxygens (including phenoxy) is 1. The van der Waals surface area contributed by atoms with E-state index in [2.05, 4.69) is 20.6 Å². The zero-order valence-corrected chi connectivity index (χ0v) is 22.8. The standard InChI is InChI=1S/C29H26ClFN4O4S/c30-25-15-22(6-9-28(25)38-17-19-3-1-4-21(31)13-19)35-29-24-14-20(5-8-26(24)33-18-34-29)27-10-7-23(39-27)16-32-11-2-12-40(36)37/h1,3-10,13-15,18,32H,2,11-12,16-17H2,(H,36,37)(H,33,34,35)/p-1. The number of rotatable bonds is 12. The van der Waals surface area contributed by atoms with Crippen molar-refractivity contribution < 1.29 is 22.3 Å². The first-order valence-corrected chi connectivity index (χ1v) is 14.1. The van der Waals surface area contributed by atoms with Crippen LogP contribution in [0.3, 0.4) is 0 Å². The number of nitrogens with zero attached hydrogens (tertiary/aromatic N) is 2. The Morgan fingerprint density at radius 3 is 2.77 bits per heavy atom. The van der Waals surface area contributed by atoms with Crippen molar-refractivity contribution in [2.24, 2.45) is 0 Å². The summed E-state index contributed by atoms with van der Waals surface area (Å²) in [5.41, 5.74) is 3.03. The summed E-state index contributed by atoms with van der Waals surface area (Å²) in [6.07, 6.45) is 2.03. The van der Waals surface area contributed by atoms with Crippen molar-refractivity contribution in [1.29, 1.82) is 0 Å². The summed E-state index contributed by atoms with van der Waals surface area (Å²) in [4.78, 5) is 8.81. The SMILES string of the molecule is O=S([O-])CCCNCc1ccc(-c2ccc3ncnc(Nc4ccc(OCc5cccc(F)c5)c(Cl)c4)c3c2)o1. The molecule has 2 aromatic heterocycles. The average Bonchev–Trinajstić information content (AvgIpc) is 3.41. The largest absolute Gasteiger partial charge is 0.772 e. The number of furan rings is 1. The Bertz CT molecular complexity index is 1650. The number of fused-ring (bicyclic) bond motifs is 1. The lowest BCUT2D eigenvalue weighted by Gasteiger charge is -2.12. The molecule has 0 aliphatic rings. The molecule has 40 heavy (non-hydrogen) atoms. The van der Waals surface area contributed by atoms with Gasteiger partial charge in [-0.15, -0.1) is 0 Å². The van der Waals surface area contributed by atoms with Gasteiger partial charge in [-0.05, 0) is 79.2 Å². The third-order valence-electron chi connectivity index (χ3n) is 6.02. The lowest BCUT2D eigenvalue weighted by molar-refractivity contribution is 0.306. The van der Waals surface area contributed by atoms with Crippen LogP contribution >= 0.6 is 11.6 Å². The van der Waals surface area contributed by atoms with E-state index in [0.717, 1.165) is 22.2 Å². The first-order chi connectivity index (χ1) is 19.4. The molecule has 0 bridgehead atoms.